The molecule has 0 saturated carbocycles. The van der Waals surface area contributed by atoms with Crippen molar-refractivity contribution in [1.29, 1.82) is 0 Å². The van der Waals surface area contributed by atoms with Crippen LogP contribution in [0.3, 0.4) is 0 Å². The van der Waals surface area contributed by atoms with Crippen LogP contribution in [0.1, 0.15) is 6.92 Å². The minimum Gasteiger partial charge on any atom is -0.495 e. The summed E-state index contributed by atoms with van der Waals surface area (Å²) < 4.78 is 37.0. The molecule has 0 bridgehead atoms. The number of hydrogen-bond donors (Lipinski definition) is 3. The fourth-order valence-corrected chi connectivity index (χ4v) is 3.06. The van der Waals surface area contributed by atoms with E-state index in [1.807, 2.05) is 0 Å². The van der Waals surface area contributed by atoms with Gasteiger partial charge < -0.3 is 20.5 Å². The van der Waals surface area contributed by atoms with Crippen molar-refractivity contribution in [1.82, 2.24) is 10.0 Å². The number of hydrogen-bond acceptors (Lipinski definition) is 6. The van der Waals surface area contributed by atoms with E-state index in [-0.39, 0.29) is 16.3 Å². The molecule has 1 atom stereocenters. The molecule has 1 aromatic carbocycles. The maximum atomic E-state index is 12.3. The predicted octanol–water partition coefficient (Wildman–Crippen LogP) is -0.301. The van der Waals surface area contributed by atoms with E-state index in [1.165, 1.54) is 40.3 Å². The topological polar surface area (TPSA) is 120 Å². The summed E-state index contributed by atoms with van der Waals surface area (Å²) in [7, 11) is 0.173. The Kier molecular flexibility index (Phi) is 5.39. The van der Waals surface area contributed by atoms with E-state index in [1.54, 1.807) is 0 Å². The molecule has 8 nitrogen and oxygen atoms in total. The number of nitrogens with one attached hydrogen (secondary N) is 2. The molecule has 0 heterocycles. The van der Waals surface area contributed by atoms with Gasteiger partial charge in [-0.2, -0.15) is 4.72 Å². The minimum atomic E-state index is -3.98. The van der Waals surface area contributed by atoms with Gasteiger partial charge in [0.1, 0.15) is 16.4 Å². The van der Waals surface area contributed by atoms with Gasteiger partial charge in [-0.1, -0.05) is 0 Å². The van der Waals surface area contributed by atoms with Crippen LogP contribution in [-0.4, -0.2) is 41.6 Å². The Hall–Kier alpha value is -2.00. The minimum absolute atomic E-state index is 0.0673. The summed E-state index contributed by atoms with van der Waals surface area (Å²) in [6, 6.07) is 1.65. The molecule has 1 amide bonds. The summed E-state index contributed by atoms with van der Waals surface area (Å²) in [6.07, 6.45) is 0. The fraction of sp³-hybridized carbons (Fsp3) is 0.417. The van der Waals surface area contributed by atoms with Crippen molar-refractivity contribution >= 4 is 21.6 Å². The van der Waals surface area contributed by atoms with Crippen LogP contribution in [-0.2, 0) is 14.8 Å². The number of carbonyl (C=O) groups is 1. The normalized spacial score (nSPS) is 12.6. The zero-order valence-electron chi connectivity index (χ0n) is 12.3. The molecule has 1 unspecified atom stereocenters. The third kappa shape index (κ3) is 3.76. The number of rotatable bonds is 6. The molecule has 0 radical (unpaired) electrons. The molecule has 4 N–H and O–H groups in total. The van der Waals surface area contributed by atoms with Gasteiger partial charge in [0, 0.05) is 13.1 Å². The zero-order valence-corrected chi connectivity index (χ0v) is 13.1. The first kappa shape index (κ1) is 17.1. The molecular weight excluding hydrogens is 298 g/mol. The van der Waals surface area contributed by atoms with E-state index in [2.05, 4.69) is 10.0 Å². The maximum Gasteiger partial charge on any atom is 0.245 e. The molecule has 0 spiro atoms. The second kappa shape index (κ2) is 6.64. The molecule has 0 aromatic heterocycles. The Bertz CT molecular complexity index is 630. The molecule has 0 fully saturated rings. The highest BCUT2D eigenvalue weighted by Gasteiger charge is 2.26. The molecule has 21 heavy (non-hydrogen) atoms. The van der Waals surface area contributed by atoms with Gasteiger partial charge in [0.15, 0.2) is 0 Å². The average molecular weight is 317 g/mol. The standard InChI is InChI=1S/C12H19N3O5S/c1-7(12(16)14-2)15-21(17,18)11-5-8(13)9(19-3)6-10(11)20-4/h5-7,15H,13H2,1-4H3,(H,14,16). The molecule has 0 aliphatic carbocycles. The molecule has 1 rings (SSSR count). The highest BCUT2D eigenvalue weighted by atomic mass is 32.2. The summed E-state index contributed by atoms with van der Waals surface area (Å²) in [5.74, 6) is -0.0955. The van der Waals surface area contributed by atoms with Crippen LogP contribution in [0.5, 0.6) is 11.5 Å². The van der Waals surface area contributed by atoms with Crippen molar-refractivity contribution < 1.29 is 22.7 Å². The number of anilines is 1. The van der Waals surface area contributed by atoms with Crippen molar-refractivity contribution in [2.24, 2.45) is 0 Å². The third-order valence-corrected chi connectivity index (χ3v) is 4.34. The van der Waals surface area contributed by atoms with Crippen LogP contribution in [0.15, 0.2) is 17.0 Å². The number of carbonyl (C=O) groups excluding carboxylic acids is 1. The smallest absolute Gasteiger partial charge is 0.245 e. The highest BCUT2D eigenvalue weighted by molar-refractivity contribution is 7.89. The second-order valence-electron chi connectivity index (χ2n) is 4.20. The van der Waals surface area contributed by atoms with E-state index >= 15 is 0 Å². The van der Waals surface area contributed by atoms with Crippen LogP contribution >= 0.6 is 0 Å². The van der Waals surface area contributed by atoms with Gasteiger partial charge in [0.25, 0.3) is 0 Å². The summed E-state index contributed by atoms with van der Waals surface area (Å²) in [4.78, 5) is 11.3. The Morgan fingerprint density at radius 3 is 2.29 bits per heavy atom. The van der Waals surface area contributed by atoms with E-state index < -0.39 is 22.0 Å². The van der Waals surface area contributed by atoms with E-state index in [4.69, 9.17) is 15.2 Å². The molecule has 1 aromatic rings. The average Bonchev–Trinajstić information content (AvgIpc) is 2.45. The largest absolute Gasteiger partial charge is 0.495 e. The quantitative estimate of drug-likeness (QED) is 0.620. The number of methoxy groups -OCH3 is 2. The number of likely N-dealkylation sites (N-methyl/N-ethyl adjacent to an activating group) is 1. The van der Waals surface area contributed by atoms with Crippen molar-refractivity contribution in [3.8, 4) is 11.5 Å². The number of ether oxygens (including phenoxy) is 2. The first-order chi connectivity index (χ1) is 9.76. The van der Waals surface area contributed by atoms with Crippen LogP contribution in [0.2, 0.25) is 0 Å². The van der Waals surface area contributed by atoms with Crippen LogP contribution in [0, 0.1) is 0 Å². The second-order valence-corrected chi connectivity index (χ2v) is 5.88. The van der Waals surface area contributed by atoms with Crippen molar-refractivity contribution in [2.45, 2.75) is 17.9 Å². The van der Waals surface area contributed by atoms with Crippen LogP contribution in [0.4, 0.5) is 5.69 Å². The molecular formula is C12H19N3O5S. The molecule has 0 saturated heterocycles. The van der Waals surface area contributed by atoms with Gasteiger partial charge in [0.05, 0.1) is 25.9 Å². The lowest BCUT2D eigenvalue weighted by Crippen LogP contribution is -2.43. The number of sulfonamides is 1. The summed E-state index contributed by atoms with van der Waals surface area (Å²) >= 11 is 0. The fourth-order valence-electron chi connectivity index (χ4n) is 1.67. The van der Waals surface area contributed by atoms with Gasteiger partial charge in [-0.05, 0) is 13.0 Å². The first-order valence-electron chi connectivity index (χ1n) is 6.02. The number of nitrogens with two attached hydrogens (primary N) is 1. The van der Waals surface area contributed by atoms with E-state index in [9.17, 15) is 13.2 Å². The SMILES string of the molecule is CNC(=O)C(C)NS(=O)(=O)c1cc(N)c(OC)cc1OC. The lowest BCUT2D eigenvalue weighted by molar-refractivity contribution is -0.121. The van der Waals surface area contributed by atoms with Crippen LogP contribution < -0.4 is 25.2 Å². The number of benzene rings is 1. The van der Waals surface area contributed by atoms with Crippen molar-refractivity contribution in [2.75, 3.05) is 27.0 Å². The van der Waals surface area contributed by atoms with Crippen LogP contribution in [0.25, 0.3) is 0 Å². The Balaban J connectivity index is 3.25. The molecule has 0 aliphatic rings. The number of nitrogen functional groups attached to an aromatic ring is 1. The molecule has 118 valence electrons. The highest BCUT2D eigenvalue weighted by Crippen LogP contribution is 2.33. The van der Waals surface area contributed by atoms with Gasteiger partial charge in [-0.25, -0.2) is 8.42 Å². The summed E-state index contributed by atoms with van der Waals surface area (Å²) in [5.41, 5.74) is 5.86. The summed E-state index contributed by atoms with van der Waals surface area (Å²) in [6.45, 7) is 1.43. The Morgan fingerprint density at radius 1 is 1.24 bits per heavy atom. The van der Waals surface area contributed by atoms with Crippen molar-refractivity contribution in [3.63, 3.8) is 0 Å². The Labute approximate surface area is 123 Å². The lowest BCUT2D eigenvalue weighted by Gasteiger charge is -2.16. The van der Waals surface area contributed by atoms with Crippen molar-refractivity contribution in [3.05, 3.63) is 12.1 Å². The number of amides is 1. The zero-order chi connectivity index (χ0) is 16.2. The lowest BCUT2D eigenvalue weighted by atomic mass is 10.3. The Morgan fingerprint density at radius 2 is 1.81 bits per heavy atom. The van der Waals surface area contributed by atoms with E-state index in [0.29, 0.717) is 5.75 Å². The first-order valence-corrected chi connectivity index (χ1v) is 7.50. The van der Waals surface area contributed by atoms with Gasteiger partial charge in [-0.15, -0.1) is 0 Å². The maximum absolute atomic E-state index is 12.3. The predicted molar refractivity (Wildman–Crippen MR) is 77.8 cm³/mol. The van der Waals surface area contributed by atoms with E-state index in [0.717, 1.165) is 0 Å². The molecule has 0 aliphatic heterocycles. The summed E-state index contributed by atoms with van der Waals surface area (Å²) in [5, 5.41) is 2.36. The van der Waals surface area contributed by atoms with Gasteiger partial charge in [0.2, 0.25) is 15.9 Å². The monoisotopic (exact) mass is 317 g/mol. The van der Waals surface area contributed by atoms with Gasteiger partial charge >= 0.3 is 0 Å². The van der Waals surface area contributed by atoms with Gasteiger partial charge in [-0.3, -0.25) is 4.79 Å². The third-order valence-electron chi connectivity index (χ3n) is 2.78. The molecule has 9 heteroatoms.